The molecule has 1 fully saturated rings. The maximum Gasteiger partial charge on any atom is 0.352 e. The summed E-state index contributed by atoms with van der Waals surface area (Å²) in [6.45, 7) is 1.89. The molecule has 0 aliphatic carbocycles. The standard InChI is InChI=1S/C18H15N3O5S5/c1-8-18(30-7-19-8)29-6-9-5-28-16-11(15(23)21(16)12(9)17(24)25)20-14(22)13(31-26)10-3-2-4-27-10/h2-4,7,11,16H,5-6H2,1H3,(H,20,22)(H,24,25)/t11?,16-/m1/s1. The van der Waals surface area contributed by atoms with E-state index in [1.807, 2.05) is 6.92 Å². The molecular formula is C18H15N3O5S5. The summed E-state index contributed by atoms with van der Waals surface area (Å²) in [5.74, 6) is -1.40. The molecule has 162 valence electrons. The quantitative estimate of drug-likeness (QED) is 0.249. The maximum absolute atomic E-state index is 12.8. The van der Waals surface area contributed by atoms with Gasteiger partial charge in [0.2, 0.25) is 0 Å². The lowest BCUT2D eigenvalue weighted by Crippen LogP contribution is -2.71. The average molecular weight is 514 g/mol. The number of thiophene rings is 1. The first-order valence-electron chi connectivity index (χ1n) is 8.86. The number of nitrogens with one attached hydrogen (secondary N) is 1. The molecule has 2 aliphatic heterocycles. The molecular weight excluding hydrogens is 499 g/mol. The second kappa shape index (κ2) is 9.28. The van der Waals surface area contributed by atoms with Crippen LogP contribution in [0.2, 0.25) is 0 Å². The molecule has 0 spiro atoms. The van der Waals surface area contributed by atoms with E-state index in [4.69, 9.17) is 0 Å². The van der Waals surface area contributed by atoms with Crippen LogP contribution in [0.15, 0.2) is 38.5 Å². The lowest BCUT2D eigenvalue weighted by atomic mass is 10.0. The number of carbonyl (C=O) groups excluding carboxylic acids is 2. The molecule has 4 rings (SSSR count). The van der Waals surface area contributed by atoms with E-state index in [9.17, 15) is 23.7 Å². The van der Waals surface area contributed by atoms with Crippen molar-refractivity contribution in [1.29, 1.82) is 0 Å². The zero-order chi connectivity index (χ0) is 22.1. The van der Waals surface area contributed by atoms with Crippen molar-refractivity contribution in [2.24, 2.45) is 0 Å². The van der Waals surface area contributed by atoms with Crippen molar-refractivity contribution >= 4 is 80.1 Å². The highest BCUT2D eigenvalue weighted by Crippen LogP contribution is 2.42. The Balaban J connectivity index is 1.49. The molecule has 2 amide bonds. The van der Waals surface area contributed by atoms with Crippen molar-refractivity contribution < 1.29 is 23.7 Å². The van der Waals surface area contributed by atoms with Gasteiger partial charge >= 0.3 is 5.97 Å². The van der Waals surface area contributed by atoms with Gasteiger partial charge in [0.25, 0.3) is 11.8 Å². The highest BCUT2D eigenvalue weighted by Gasteiger charge is 2.54. The van der Waals surface area contributed by atoms with E-state index in [1.165, 1.54) is 51.1 Å². The van der Waals surface area contributed by atoms with Gasteiger partial charge in [-0.25, -0.2) is 14.0 Å². The third-order valence-electron chi connectivity index (χ3n) is 4.65. The normalized spacial score (nSPS) is 20.2. The van der Waals surface area contributed by atoms with Crippen molar-refractivity contribution in [3.8, 4) is 0 Å². The Hall–Kier alpha value is -1.93. The molecule has 1 saturated heterocycles. The highest BCUT2D eigenvalue weighted by molar-refractivity contribution is 8.02. The van der Waals surface area contributed by atoms with Crippen LogP contribution in [0.4, 0.5) is 0 Å². The van der Waals surface area contributed by atoms with Crippen molar-refractivity contribution in [3.63, 3.8) is 0 Å². The number of carboxylic acids is 1. The SMILES string of the molecule is Cc1ncsc1SCC1=C(C(=O)O)N2C(=O)C(NC(=O)C(=S=O)c3cccs3)[C@H]2SC1. The van der Waals surface area contributed by atoms with Gasteiger partial charge in [0, 0.05) is 11.5 Å². The fourth-order valence-electron chi connectivity index (χ4n) is 3.18. The number of hydrogen-bond acceptors (Lipinski definition) is 9. The third kappa shape index (κ3) is 4.24. The minimum atomic E-state index is -1.17. The topological polar surface area (TPSA) is 117 Å². The summed E-state index contributed by atoms with van der Waals surface area (Å²) in [7, 11) is 0. The number of aryl methyl sites for hydroxylation is 1. The average Bonchev–Trinajstić information content (AvgIpc) is 3.42. The second-order valence-electron chi connectivity index (χ2n) is 6.52. The maximum atomic E-state index is 12.8. The first-order chi connectivity index (χ1) is 14.9. The first-order valence-corrected chi connectivity index (χ1v) is 13.4. The number of β-lactam (4-membered cyclic amide) rings is 1. The van der Waals surface area contributed by atoms with Gasteiger partial charge in [-0.1, -0.05) is 6.07 Å². The molecule has 2 aromatic rings. The molecule has 0 radical (unpaired) electrons. The van der Waals surface area contributed by atoms with Gasteiger partial charge in [-0.2, -0.15) is 0 Å². The van der Waals surface area contributed by atoms with Crippen LogP contribution in [-0.2, 0) is 25.6 Å². The zero-order valence-electron chi connectivity index (χ0n) is 15.9. The van der Waals surface area contributed by atoms with Crippen LogP contribution in [0.5, 0.6) is 0 Å². The van der Waals surface area contributed by atoms with Gasteiger partial charge in [-0.05, 0) is 23.9 Å². The Morgan fingerprint density at radius 3 is 2.81 bits per heavy atom. The number of aromatic nitrogens is 1. The molecule has 1 unspecified atom stereocenters. The number of carbonyl (C=O) groups is 3. The van der Waals surface area contributed by atoms with Gasteiger partial charge in [0.05, 0.1) is 20.3 Å². The van der Waals surface area contributed by atoms with Gasteiger partial charge in [-0.3, -0.25) is 14.5 Å². The van der Waals surface area contributed by atoms with Crippen LogP contribution in [0, 0.1) is 6.92 Å². The monoisotopic (exact) mass is 513 g/mol. The number of hydrogen-bond donors (Lipinski definition) is 2. The van der Waals surface area contributed by atoms with E-state index in [0.717, 1.165) is 9.90 Å². The van der Waals surface area contributed by atoms with Crippen LogP contribution in [0.3, 0.4) is 0 Å². The number of aliphatic carboxylic acids is 1. The van der Waals surface area contributed by atoms with Crippen molar-refractivity contribution in [2.75, 3.05) is 11.5 Å². The Bertz CT molecular complexity index is 1140. The number of thioether (sulfide) groups is 2. The van der Waals surface area contributed by atoms with E-state index in [0.29, 0.717) is 22.0 Å². The van der Waals surface area contributed by atoms with E-state index < -0.39 is 29.2 Å². The van der Waals surface area contributed by atoms with E-state index in [2.05, 4.69) is 10.3 Å². The van der Waals surface area contributed by atoms with Crippen LogP contribution in [-0.4, -0.2) is 64.8 Å². The summed E-state index contributed by atoms with van der Waals surface area (Å²) in [5.41, 5.74) is 3.27. The van der Waals surface area contributed by atoms with E-state index >= 15 is 0 Å². The predicted octanol–water partition coefficient (Wildman–Crippen LogP) is 1.78. The summed E-state index contributed by atoms with van der Waals surface area (Å²) in [6, 6.07) is 2.52. The lowest BCUT2D eigenvalue weighted by Gasteiger charge is -2.49. The molecule has 2 N–H and O–H groups in total. The number of carboxylic acid groups (broad SMARTS) is 1. The fraction of sp³-hybridized carbons (Fsp3) is 0.278. The van der Waals surface area contributed by atoms with Crippen molar-refractivity contribution in [3.05, 3.63) is 44.9 Å². The van der Waals surface area contributed by atoms with Gasteiger partial charge in [0.1, 0.15) is 33.2 Å². The number of thiazole rings is 1. The molecule has 4 heterocycles. The Kier molecular flexibility index (Phi) is 6.67. The van der Waals surface area contributed by atoms with Gasteiger partial charge in [0.15, 0.2) is 0 Å². The fourth-order valence-corrected chi connectivity index (χ4v) is 7.76. The van der Waals surface area contributed by atoms with Gasteiger partial charge in [-0.15, -0.1) is 46.2 Å². The van der Waals surface area contributed by atoms with Crippen molar-refractivity contribution in [2.45, 2.75) is 22.5 Å². The third-order valence-corrected chi connectivity index (χ3v) is 9.99. The van der Waals surface area contributed by atoms with E-state index in [1.54, 1.807) is 23.0 Å². The van der Waals surface area contributed by atoms with Gasteiger partial charge < -0.3 is 10.4 Å². The summed E-state index contributed by atoms with van der Waals surface area (Å²) in [5, 5.41) is 13.6. The molecule has 2 aliphatic rings. The minimum Gasteiger partial charge on any atom is -0.477 e. The smallest absolute Gasteiger partial charge is 0.352 e. The number of amides is 2. The first kappa shape index (κ1) is 22.3. The number of nitrogens with zero attached hydrogens (tertiary/aromatic N) is 2. The second-order valence-corrected chi connectivity index (χ2v) is 11.2. The summed E-state index contributed by atoms with van der Waals surface area (Å²) in [6.07, 6.45) is 0. The van der Waals surface area contributed by atoms with Crippen LogP contribution in [0.25, 0.3) is 0 Å². The van der Waals surface area contributed by atoms with E-state index in [-0.39, 0.29) is 21.8 Å². The highest BCUT2D eigenvalue weighted by atomic mass is 32.2. The number of fused-ring (bicyclic) bond motifs is 1. The molecule has 8 nitrogen and oxygen atoms in total. The number of rotatable bonds is 7. The molecule has 13 heteroatoms. The Labute approximate surface area is 197 Å². The molecule has 0 saturated carbocycles. The molecule has 0 aromatic carbocycles. The van der Waals surface area contributed by atoms with Crippen LogP contribution in [0.1, 0.15) is 10.6 Å². The molecule has 2 atom stereocenters. The zero-order valence-corrected chi connectivity index (χ0v) is 20.0. The largest absolute Gasteiger partial charge is 0.477 e. The molecule has 2 aromatic heterocycles. The summed E-state index contributed by atoms with van der Waals surface area (Å²) in [4.78, 5) is 43.2. The van der Waals surface area contributed by atoms with Crippen LogP contribution < -0.4 is 5.32 Å². The van der Waals surface area contributed by atoms with Crippen molar-refractivity contribution in [1.82, 2.24) is 15.2 Å². The minimum absolute atomic E-state index is 0.00641. The molecule has 31 heavy (non-hydrogen) atoms. The van der Waals surface area contributed by atoms with Crippen LogP contribution >= 0.6 is 46.2 Å². The lowest BCUT2D eigenvalue weighted by molar-refractivity contribution is -0.150. The Morgan fingerprint density at radius 1 is 1.39 bits per heavy atom. The summed E-state index contributed by atoms with van der Waals surface area (Å²) < 4.78 is 12.4. The summed E-state index contributed by atoms with van der Waals surface area (Å²) >= 11 is 5.74. The molecule has 0 bridgehead atoms. The predicted molar refractivity (Wildman–Crippen MR) is 124 cm³/mol. The Morgan fingerprint density at radius 2 is 2.19 bits per heavy atom.